The van der Waals surface area contributed by atoms with E-state index in [2.05, 4.69) is 0 Å². The quantitative estimate of drug-likeness (QED) is 0.765. The largest absolute Gasteiger partial charge is 0.490 e. The lowest BCUT2D eigenvalue weighted by Crippen LogP contribution is -2.13. The van der Waals surface area contributed by atoms with Gasteiger partial charge in [-0.25, -0.2) is 0 Å². The summed E-state index contributed by atoms with van der Waals surface area (Å²) < 4.78 is 11.3. The van der Waals surface area contributed by atoms with Gasteiger partial charge in [0.2, 0.25) is 0 Å². The van der Waals surface area contributed by atoms with Gasteiger partial charge in [0, 0.05) is 17.9 Å². The number of fused-ring (bicyclic) bond motifs is 2. The molecule has 3 heteroatoms. The fourth-order valence-electron chi connectivity index (χ4n) is 3.48. The second-order valence-corrected chi connectivity index (χ2v) is 6.00. The molecule has 0 bridgehead atoms. The van der Waals surface area contributed by atoms with Gasteiger partial charge in [-0.15, -0.1) is 0 Å². The molecule has 100 valence electrons. The van der Waals surface area contributed by atoms with Crippen LogP contribution in [0.25, 0.3) is 0 Å². The lowest BCUT2D eigenvalue weighted by atomic mass is 9.93. The van der Waals surface area contributed by atoms with E-state index in [1.165, 1.54) is 6.42 Å². The van der Waals surface area contributed by atoms with Gasteiger partial charge < -0.3 is 9.47 Å². The molecule has 3 aliphatic rings. The molecule has 1 aliphatic heterocycles. The van der Waals surface area contributed by atoms with Crippen LogP contribution in [0.1, 0.15) is 36.0 Å². The summed E-state index contributed by atoms with van der Waals surface area (Å²) in [7, 11) is 0. The zero-order valence-corrected chi connectivity index (χ0v) is 10.9. The second-order valence-electron chi connectivity index (χ2n) is 6.00. The molecule has 4 rings (SSSR count). The summed E-state index contributed by atoms with van der Waals surface area (Å²) in [6.45, 7) is 1.35. The van der Waals surface area contributed by atoms with Gasteiger partial charge in [-0.05, 0) is 49.3 Å². The van der Waals surface area contributed by atoms with Crippen LogP contribution in [0.2, 0.25) is 0 Å². The monoisotopic (exact) mass is 258 g/mol. The van der Waals surface area contributed by atoms with E-state index in [0.29, 0.717) is 19.0 Å². The molecule has 2 aliphatic carbocycles. The van der Waals surface area contributed by atoms with Crippen molar-refractivity contribution in [3.05, 3.63) is 23.8 Å². The molecular formula is C16H18O3. The van der Waals surface area contributed by atoms with Crippen molar-refractivity contribution in [3.63, 3.8) is 0 Å². The number of carbonyl (C=O) groups is 1. The van der Waals surface area contributed by atoms with Gasteiger partial charge in [0.15, 0.2) is 17.3 Å². The van der Waals surface area contributed by atoms with Crippen LogP contribution in [0.3, 0.4) is 0 Å². The molecule has 2 fully saturated rings. The van der Waals surface area contributed by atoms with Crippen LogP contribution < -0.4 is 9.47 Å². The Morgan fingerprint density at radius 3 is 2.53 bits per heavy atom. The SMILES string of the molecule is O=C(c1ccc2c(c1)OCCCO2)C1CC2CC2C1. The molecule has 0 aromatic heterocycles. The number of ether oxygens (including phenoxy) is 2. The zero-order valence-electron chi connectivity index (χ0n) is 10.9. The summed E-state index contributed by atoms with van der Waals surface area (Å²) in [6.07, 6.45) is 4.44. The van der Waals surface area contributed by atoms with Crippen molar-refractivity contribution in [1.82, 2.24) is 0 Å². The standard InChI is InChI=1S/C16H18O3/c17-16(13-7-11-6-12(11)8-13)10-2-3-14-15(9-10)19-5-1-4-18-14/h2-3,9,11-13H,1,4-8H2. The summed E-state index contributed by atoms with van der Waals surface area (Å²) in [5, 5.41) is 0. The molecule has 1 heterocycles. The Hall–Kier alpha value is -1.51. The summed E-state index contributed by atoms with van der Waals surface area (Å²) in [5.41, 5.74) is 0.788. The highest BCUT2D eigenvalue weighted by Crippen LogP contribution is 2.55. The summed E-state index contributed by atoms with van der Waals surface area (Å²) in [5.74, 6) is 3.72. The maximum atomic E-state index is 12.5. The van der Waals surface area contributed by atoms with Crippen molar-refractivity contribution in [2.75, 3.05) is 13.2 Å². The van der Waals surface area contributed by atoms with E-state index in [9.17, 15) is 4.79 Å². The first-order valence-electron chi connectivity index (χ1n) is 7.25. The third-order valence-electron chi connectivity index (χ3n) is 4.65. The Kier molecular flexibility index (Phi) is 2.54. The van der Waals surface area contributed by atoms with E-state index in [4.69, 9.17) is 9.47 Å². The lowest BCUT2D eigenvalue weighted by molar-refractivity contribution is 0.0914. The average Bonchev–Trinajstić information content (AvgIpc) is 3.12. The number of hydrogen-bond acceptors (Lipinski definition) is 3. The first kappa shape index (κ1) is 11.3. The first-order chi connectivity index (χ1) is 9.31. The molecule has 2 atom stereocenters. The van der Waals surface area contributed by atoms with Crippen LogP contribution in [0.15, 0.2) is 18.2 Å². The van der Waals surface area contributed by atoms with Crippen LogP contribution in [0.4, 0.5) is 0 Å². The zero-order chi connectivity index (χ0) is 12.8. The molecule has 1 aromatic rings. The van der Waals surface area contributed by atoms with Crippen LogP contribution in [-0.2, 0) is 0 Å². The molecule has 19 heavy (non-hydrogen) atoms. The summed E-state index contributed by atoms with van der Waals surface area (Å²) in [4.78, 5) is 12.5. The molecule has 2 saturated carbocycles. The first-order valence-corrected chi connectivity index (χ1v) is 7.25. The number of hydrogen-bond donors (Lipinski definition) is 0. The van der Waals surface area contributed by atoms with Gasteiger partial charge in [-0.3, -0.25) is 4.79 Å². The van der Waals surface area contributed by atoms with Crippen LogP contribution in [0, 0.1) is 17.8 Å². The third-order valence-corrected chi connectivity index (χ3v) is 4.65. The molecule has 0 N–H and O–H groups in total. The van der Waals surface area contributed by atoms with Gasteiger partial charge in [-0.2, -0.15) is 0 Å². The second kappa shape index (κ2) is 4.26. The molecule has 0 amide bonds. The highest BCUT2D eigenvalue weighted by atomic mass is 16.5. The topological polar surface area (TPSA) is 35.5 Å². The highest BCUT2D eigenvalue weighted by Gasteiger charge is 2.48. The van der Waals surface area contributed by atoms with Crippen LogP contribution >= 0.6 is 0 Å². The van der Waals surface area contributed by atoms with E-state index in [-0.39, 0.29) is 5.92 Å². The Balaban J connectivity index is 1.57. The van der Waals surface area contributed by atoms with E-state index in [1.807, 2.05) is 18.2 Å². The van der Waals surface area contributed by atoms with Crippen molar-refractivity contribution in [2.24, 2.45) is 17.8 Å². The predicted molar refractivity (Wildman–Crippen MR) is 70.7 cm³/mol. The average molecular weight is 258 g/mol. The number of Topliss-reactive ketones (excluding diaryl/α,β-unsaturated/α-hetero) is 1. The lowest BCUT2D eigenvalue weighted by Gasteiger charge is -2.13. The van der Waals surface area contributed by atoms with Crippen molar-refractivity contribution in [3.8, 4) is 11.5 Å². The number of carbonyl (C=O) groups excluding carboxylic acids is 1. The Morgan fingerprint density at radius 1 is 1.00 bits per heavy atom. The van der Waals surface area contributed by atoms with Crippen molar-refractivity contribution in [1.29, 1.82) is 0 Å². The van der Waals surface area contributed by atoms with E-state index >= 15 is 0 Å². The maximum absolute atomic E-state index is 12.5. The predicted octanol–water partition coefficient (Wildman–Crippen LogP) is 3.08. The fourth-order valence-corrected chi connectivity index (χ4v) is 3.48. The van der Waals surface area contributed by atoms with E-state index in [1.54, 1.807) is 0 Å². The van der Waals surface area contributed by atoms with Gasteiger partial charge in [0.25, 0.3) is 0 Å². The minimum atomic E-state index is 0.244. The van der Waals surface area contributed by atoms with E-state index < -0.39 is 0 Å². The Morgan fingerprint density at radius 2 is 1.74 bits per heavy atom. The van der Waals surface area contributed by atoms with Crippen molar-refractivity contribution >= 4 is 5.78 Å². The Labute approximate surface area is 112 Å². The molecule has 3 nitrogen and oxygen atoms in total. The van der Waals surface area contributed by atoms with Gasteiger partial charge >= 0.3 is 0 Å². The van der Waals surface area contributed by atoms with Gasteiger partial charge in [-0.1, -0.05) is 0 Å². The molecule has 0 spiro atoms. The third kappa shape index (κ3) is 2.01. The van der Waals surface area contributed by atoms with E-state index in [0.717, 1.165) is 48.2 Å². The normalized spacial score (nSPS) is 31.5. The summed E-state index contributed by atoms with van der Waals surface area (Å²) >= 11 is 0. The molecule has 0 radical (unpaired) electrons. The smallest absolute Gasteiger partial charge is 0.166 e. The highest BCUT2D eigenvalue weighted by molar-refractivity contribution is 5.98. The van der Waals surface area contributed by atoms with Crippen molar-refractivity contribution < 1.29 is 14.3 Å². The summed E-state index contributed by atoms with van der Waals surface area (Å²) in [6, 6.07) is 5.64. The van der Waals surface area contributed by atoms with Crippen LogP contribution in [-0.4, -0.2) is 19.0 Å². The minimum absolute atomic E-state index is 0.244. The number of benzene rings is 1. The minimum Gasteiger partial charge on any atom is -0.490 e. The molecular weight excluding hydrogens is 240 g/mol. The van der Waals surface area contributed by atoms with Gasteiger partial charge in [0.1, 0.15) is 0 Å². The molecule has 2 unspecified atom stereocenters. The van der Waals surface area contributed by atoms with Crippen molar-refractivity contribution in [2.45, 2.75) is 25.7 Å². The fraction of sp³-hybridized carbons (Fsp3) is 0.562. The molecule has 0 saturated heterocycles. The maximum Gasteiger partial charge on any atom is 0.166 e. The number of rotatable bonds is 2. The van der Waals surface area contributed by atoms with Gasteiger partial charge in [0.05, 0.1) is 13.2 Å². The van der Waals surface area contributed by atoms with Crippen LogP contribution in [0.5, 0.6) is 11.5 Å². The molecule has 1 aromatic carbocycles. The number of ketones is 1. The Bertz CT molecular complexity index is 513.